The van der Waals surface area contributed by atoms with Crippen LogP contribution in [0.15, 0.2) is 24.4 Å². The van der Waals surface area contributed by atoms with Crippen molar-refractivity contribution in [2.75, 3.05) is 19.6 Å². The lowest BCUT2D eigenvalue weighted by Crippen LogP contribution is -2.57. The molecule has 0 saturated carbocycles. The molecule has 2 aromatic rings. The third kappa shape index (κ3) is 2.11. The molecule has 5 heteroatoms. The number of hydrogen-bond acceptors (Lipinski definition) is 4. The zero-order valence-corrected chi connectivity index (χ0v) is 12.0. The zero-order valence-electron chi connectivity index (χ0n) is 11.2. The van der Waals surface area contributed by atoms with E-state index in [1.165, 1.54) is 37.5 Å². The topological polar surface area (TPSA) is 45.2 Å². The maximum absolute atomic E-state index is 12.4. The largest absolute Gasteiger partial charge is 0.348 e. The highest BCUT2D eigenvalue weighted by Gasteiger charge is 2.34. The molecule has 1 atom stereocenters. The van der Waals surface area contributed by atoms with Crippen molar-refractivity contribution in [2.24, 2.45) is 5.92 Å². The fourth-order valence-electron chi connectivity index (χ4n) is 3.39. The minimum Gasteiger partial charge on any atom is -0.348 e. The fourth-order valence-corrected chi connectivity index (χ4v) is 4.02. The molecule has 2 bridgehead atoms. The molecule has 1 N–H and O–H groups in total. The summed E-state index contributed by atoms with van der Waals surface area (Å²) in [5.74, 6) is 0.715. The van der Waals surface area contributed by atoms with Crippen molar-refractivity contribution < 1.29 is 4.79 Å². The van der Waals surface area contributed by atoms with Crippen molar-refractivity contribution in [1.29, 1.82) is 0 Å². The predicted octanol–water partition coefficient (Wildman–Crippen LogP) is 2.12. The van der Waals surface area contributed by atoms with E-state index in [2.05, 4.69) is 14.6 Å². The molecule has 0 spiro atoms. The lowest BCUT2D eigenvalue weighted by Gasteiger charge is -2.44. The van der Waals surface area contributed by atoms with Gasteiger partial charge >= 0.3 is 0 Å². The second kappa shape index (κ2) is 4.82. The summed E-state index contributed by atoms with van der Waals surface area (Å²) in [5.41, 5.74) is 0.745. The van der Waals surface area contributed by atoms with Gasteiger partial charge in [0.1, 0.15) is 0 Å². The summed E-state index contributed by atoms with van der Waals surface area (Å²) in [6.07, 6.45) is 4.27. The molecule has 1 aromatic carbocycles. The monoisotopic (exact) mass is 287 g/mol. The molecular weight excluding hydrogens is 270 g/mol. The summed E-state index contributed by atoms with van der Waals surface area (Å²) in [4.78, 5) is 14.9. The number of carbonyl (C=O) groups excluding carboxylic acids is 1. The van der Waals surface area contributed by atoms with Gasteiger partial charge in [-0.15, -0.1) is 0 Å². The third-order valence-corrected chi connectivity index (χ3v) is 5.37. The molecule has 1 amide bonds. The SMILES string of the molecule is O=C(N[C@H]1CN2CCC1CC2)c1ccc2sncc2c1. The molecule has 3 fully saturated rings. The second-order valence-corrected chi connectivity index (χ2v) is 6.63. The molecule has 0 unspecified atom stereocenters. The highest BCUT2D eigenvalue weighted by molar-refractivity contribution is 7.13. The summed E-state index contributed by atoms with van der Waals surface area (Å²) in [6.45, 7) is 3.41. The lowest BCUT2D eigenvalue weighted by atomic mass is 9.84. The molecule has 5 rings (SSSR count). The van der Waals surface area contributed by atoms with Crippen LogP contribution in [0.2, 0.25) is 0 Å². The average Bonchev–Trinajstić information content (AvgIpc) is 2.96. The Morgan fingerprint density at radius 3 is 2.95 bits per heavy atom. The first-order valence-electron chi connectivity index (χ1n) is 7.17. The summed E-state index contributed by atoms with van der Waals surface area (Å²) in [6, 6.07) is 6.15. The van der Waals surface area contributed by atoms with Crippen molar-refractivity contribution in [3.63, 3.8) is 0 Å². The standard InChI is InChI=1S/C15H17N3OS/c19-15(11-1-2-14-12(7-11)8-16-20-14)17-13-9-18-5-3-10(13)4-6-18/h1-2,7-8,10,13H,3-6,9H2,(H,17,19)/t13-/m0/s1. The van der Waals surface area contributed by atoms with Crippen LogP contribution in [-0.2, 0) is 0 Å². The smallest absolute Gasteiger partial charge is 0.251 e. The first kappa shape index (κ1) is 12.3. The maximum Gasteiger partial charge on any atom is 0.251 e. The molecule has 104 valence electrons. The average molecular weight is 287 g/mol. The van der Waals surface area contributed by atoms with Gasteiger partial charge in [-0.3, -0.25) is 4.79 Å². The normalized spacial score (nSPS) is 28.7. The number of hydrogen-bond donors (Lipinski definition) is 1. The first-order valence-corrected chi connectivity index (χ1v) is 7.94. The molecule has 20 heavy (non-hydrogen) atoms. The highest BCUT2D eigenvalue weighted by Crippen LogP contribution is 2.28. The van der Waals surface area contributed by atoms with Crippen LogP contribution in [0.3, 0.4) is 0 Å². The van der Waals surface area contributed by atoms with Crippen LogP contribution in [0.5, 0.6) is 0 Å². The van der Waals surface area contributed by atoms with Crippen molar-refractivity contribution in [2.45, 2.75) is 18.9 Å². The van der Waals surface area contributed by atoms with Crippen LogP contribution in [0.4, 0.5) is 0 Å². The molecular formula is C15H17N3OS. The van der Waals surface area contributed by atoms with Gasteiger partial charge in [0.15, 0.2) is 0 Å². The van der Waals surface area contributed by atoms with Crippen LogP contribution in [0.1, 0.15) is 23.2 Å². The van der Waals surface area contributed by atoms with Gasteiger partial charge in [0.2, 0.25) is 0 Å². The molecule has 3 aliphatic heterocycles. The number of fused-ring (bicyclic) bond motifs is 4. The minimum absolute atomic E-state index is 0.0526. The number of piperidine rings is 3. The lowest BCUT2D eigenvalue weighted by molar-refractivity contribution is 0.0620. The van der Waals surface area contributed by atoms with E-state index in [1.54, 1.807) is 0 Å². The zero-order chi connectivity index (χ0) is 13.5. The summed E-state index contributed by atoms with van der Waals surface area (Å²) < 4.78 is 5.28. The number of carbonyl (C=O) groups is 1. The Morgan fingerprint density at radius 2 is 2.20 bits per heavy atom. The fraction of sp³-hybridized carbons (Fsp3) is 0.467. The first-order chi connectivity index (χ1) is 9.79. The van der Waals surface area contributed by atoms with Gasteiger partial charge in [0.25, 0.3) is 5.91 Å². The van der Waals surface area contributed by atoms with E-state index in [1.807, 2.05) is 24.4 Å². The molecule has 4 heterocycles. The Hall–Kier alpha value is -1.46. The quantitative estimate of drug-likeness (QED) is 0.920. The number of amides is 1. The van der Waals surface area contributed by atoms with E-state index in [0.29, 0.717) is 12.0 Å². The molecule has 4 nitrogen and oxygen atoms in total. The molecule has 3 aliphatic rings. The van der Waals surface area contributed by atoms with Crippen molar-refractivity contribution in [3.05, 3.63) is 30.0 Å². The number of benzene rings is 1. The van der Waals surface area contributed by atoms with Crippen molar-refractivity contribution in [1.82, 2.24) is 14.6 Å². The van der Waals surface area contributed by atoms with Crippen LogP contribution < -0.4 is 5.32 Å². The van der Waals surface area contributed by atoms with Gasteiger partial charge in [0.05, 0.1) is 4.70 Å². The molecule has 0 radical (unpaired) electrons. The summed E-state index contributed by atoms with van der Waals surface area (Å²) >= 11 is 1.46. The highest BCUT2D eigenvalue weighted by atomic mass is 32.1. The summed E-state index contributed by atoms with van der Waals surface area (Å²) in [7, 11) is 0. The van der Waals surface area contributed by atoms with Crippen LogP contribution in [-0.4, -0.2) is 40.9 Å². The van der Waals surface area contributed by atoms with Crippen molar-refractivity contribution in [3.8, 4) is 0 Å². The second-order valence-electron chi connectivity index (χ2n) is 5.80. The Kier molecular flexibility index (Phi) is 2.97. The Bertz CT molecular complexity index is 645. The van der Waals surface area contributed by atoms with Gasteiger partial charge in [0, 0.05) is 29.7 Å². The number of aromatic nitrogens is 1. The van der Waals surface area contributed by atoms with Crippen LogP contribution in [0.25, 0.3) is 10.1 Å². The van der Waals surface area contributed by atoms with E-state index in [-0.39, 0.29) is 5.91 Å². The van der Waals surface area contributed by atoms with Gasteiger partial charge in [-0.2, -0.15) is 4.37 Å². The molecule has 3 saturated heterocycles. The van der Waals surface area contributed by atoms with Crippen LogP contribution >= 0.6 is 11.5 Å². The maximum atomic E-state index is 12.4. The third-order valence-electron chi connectivity index (χ3n) is 4.59. The Morgan fingerprint density at radius 1 is 1.35 bits per heavy atom. The van der Waals surface area contributed by atoms with E-state index in [0.717, 1.165) is 22.2 Å². The number of nitrogens with zero attached hydrogens (tertiary/aromatic N) is 2. The number of rotatable bonds is 2. The van der Waals surface area contributed by atoms with E-state index < -0.39 is 0 Å². The van der Waals surface area contributed by atoms with Gasteiger partial charge in [-0.05, 0) is 61.6 Å². The molecule has 0 aliphatic carbocycles. The van der Waals surface area contributed by atoms with Gasteiger partial charge in [-0.25, -0.2) is 0 Å². The van der Waals surface area contributed by atoms with Gasteiger partial charge in [-0.1, -0.05) is 0 Å². The Labute approximate surface area is 121 Å². The Balaban J connectivity index is 1.52. The van der Waals surface area contributed by atoms with Crippen LogP contribution in [0, 0.1) is 5.92 Å². The van der Waals surface area contributed by atoms with E-state index in [4.69, 9.17) is 0 Å². The molecule has 1 aromatic heterocycles. The predicted molar refractivity (Wildman–Crippen MR) is 80.0 cm³/mol. The van der Waals surface area contributed by atoms with Gasteiger partial charge < -0.3 is 10.2 Å². The summed E-state index contributed by atoms with van der Waals surface area (Å²) in [5, 5.41) is 4.28. The minimum atomic E-state index is 0.0526. The van der Waals surface area contributed by atoms with E-state index >= 15 is 0 Å². The number of nitrogens with one attached hydrogen (secondary N) is 1. The van der Waals surface area contributed by atoms with Crippen molar-refractivity contribution >= 4 is 27.5 Å². The van der Waals surface area contributed by atoms with E-state index in [9.17, 15) is 4.79 Å².